The Hall–Kier alpha value is -1.77. The van der Waals surface area contributed by atoms with Crippen LogP contribution < -0.4 is 10.1 Å². The maximum atomic E-state index is 5.80. The van der Waals surface area contributed by atoms with E-state index >= 15 is 0 Å². The highest BCUT2D eigenvalue weighted by molar-refractivity contribution is 5.92. The summed E-state index contributed by atoms with van der Waals surface area (Å²) < 4.78 is 5.80. The molecule has 0 saturated heterocycles. The first-order valence-corrected chi connectivity index (χ1v) is 7.86. The number of pyridine rings is 1. The largest absolute Gasteiger partial charge is 0.491 e. The van der Waals surface area contributed by atoms with Crippen molar-refractivity contribution in [3.8, 4) is 5.75 Å². The summed E-state index contributed by atoms with van der Waals surface area (Å²) in [5.41, 5.74) is 3.30. The number of hydrogen-bond acceptors (Lipinski definition) is 3. The summed E-state index contributed by atoms with van der Waals surface area (Å²) in [6, 6.07) is 8.31. The highest BCUT2D eigenvalue weighted by Gasteiger charge is 2.10. The van der Waals surface area contributed by atoms with Gasteiger partial charge in [-0.05, 0) is 50.5 Å². The summed E-state index contributed by atoms with van der Waals surface area (Å²) in [6.45, 7) is 11.6. The van der Waals surface area contributed by atoms with Crippen LogP contribution in [0, 0.1) is 0 Å². The number of benzene rings is 1. The van der Waals surface area contributed by atoms with Gasteiger partial charge >= 0.3 is 0 Å². The molecule has 1 aromatic carbocycles. The van der Waals surface area contributed by atoms with E-state index in [1.807, 2.05) is 19.9 Å². The molecule has 1 heterocycles. The molecule has 0 aliphatic rings. The number of hydrogen-bond donors (Lipinski definition) is 1. The molecule has 1 N–H and O–H groups in total. The van der Waals surface area contributed by atoms with Crippen LogP contribution in [0.4, 0.5) is 5.69 Å². The molecule has 114 valence electrons. The lowest BCUT2D eigenvalue weighted by Gasteiger charge is -2.15. The third-order valence-electron chi connectivity index (χ3n) is 3.33. The normalized spacial score (nSPS) is 11.4. The second-order valence-electron chi connectivity index (χ2n) is 6.02. The Balaban J connectivity index is 2.50. The van der Waals surface area contributed by atoms with Gasteiger partial charge in [0.25, 0.3) is 0 Å². The molecular weight excluding hydrogens is 260 g/mol. The van der Waals surface area contributed by atoms with Crippen LogP contribution in [0.2, 0.25) is 0 Å². The number of rotatable bonds is 6. The van der Waals surface area contributed by atoms with E-state index in [1.54, 1.807) is 0 Å². The van der Waals surface area contributed by atoms with Gasteiger partial charge in [0.1, 0.15) is 5.75 Å². The van der Waals surface area contributed by atoms with Crippen LogP contribution >= 0.6 is 0 Å². The Kier molecular flexibility index (Phi) is 5.05. The predicted octanol–water partition coefficient (Wildman–Crippen LogP) is 4.97. The third kappa shape index (κ3) is 3.87. The van der Waals surface area contributed by atoms with E-state index in [4.69, 9.17) is 9.72 Å². The number of nitrogens with zero attached hydrogens (tertiary/aromatic N) is 1. The highest BCUT2D eigenvalue weighted by Crippen LogP contribution is 2.29. The van der Waals surface area contributed by atoms with Crippen molar-refractivity contribution in [1.82, 2.24) is 4.98 Å². The van der Waals surface area contributed by atoms with Gasteiger partial charge in [-0.1, -0.05) is 20.8 Å². The minimum atomic E-state index is 0.178. The smallest absolute Gasteiger partial charge is 0.120 e. The number of aromatic nitrogens is 1. The van der Waals surface area contributed by atoms with Gasteiger partial charge in [0.2, 0.25) is 0 Å². The van der Waals surface area contributed by atoms with Crippen molar-refractivity contribution >= 4 is 16.6 Å². The summed E-state index contributed by atoms with van der Waals surface area (Å²) in [6.07, 6.45) is 1.28. The van der Waals surface area contributed by atoms with Gasteiger partial charge in [-0.3, -0.25) is 4.98 Å². The molecule has 2 rings (SSSR count). The molecular formula is C18H26N2O. The zero-order valence-corrected chi connectivity index (χ0v) is 13.7. The molecule has 0 bridgehead atoms. The molecule has 0 radical (unpaired) electrons. The molecule has 21 heavy (non-hydrogen) atoms. The Morgan fingerprint density at radius 3 is 2.52 bits per heavy atom. The lowest BCUT2D eigenvalue weighted by Crippen LogP contribution is -2.06. The van der Waals surface area contributed by atoms with Gasteiger partial charge in [-0.2, -0.15) is 0 Å². The van der Waals surface area contributed by atoms with Crippen molar-refractivity contribution in [2.75, 3.05) is 11.9 Å². The maximum Gasteiger partial charge on any atom is 0.120 e. The SMILES string of the molecule is CCCNc1cc(C(C)C)nc2ccc(OC(C)C)cc12. The van der Waals surface area contributed by atoms with Crippen LogP contribution in [-0.2, 0) is 0 Å². The van der Waals surface area contributed by atoms with Crippen molar-refractivity contribution in [1.29, 1.82) is 0 Å². The maximum absolute atomic E-state index is 5.80. The molecule has 0 unspecified atom stereocenters. The lowest BCUT2D eigenvalue weighted by atomic mass is 10.1. The van der Waals surface area contributed by atoms with Crippen LogP contribution in [0.25, 0.3) is 10.9 Å². The van der Waals surface area contributed by atoms with E-state index in [9.17, 15) is 0 Å². The minimum absolute atomic E-state index is 0.178. The van der Waals surface area contributed by atoms with Gasteiger partial charge in [-0.25, -0.2) is 0 Å². The van der Waals surface area contributed by atoms with Crippen molar-refractivity contribution in [3.05, 3.63) is 30.0 Å². The molecule has 0 aliphatic heterocycles. The quantitative estimate of drug-likeness (QED) is 0.814. The van der Waals surface area contributed by atoms with E-state index in [1.165, 1.54) is 0 Å². The zero-order chi connectivity index (χ0) is 15.4. The molecule has 0 saturated carbocycles. The van der Waals surface area contributed by atoms with Crippen LogP contribution in [-0.4, -0.2) is 17.6 Å². The molecule has 0 amide bonds. The highest BCUT2D eigenvalue weighted by atomic mass is 16.5. The summed E-state index contributed by atoms with van der Waals surface area (Å²) >= 11 is 0. The molecule has 3 nitrogen and oxygen atoms in total. The average Bonchev–Trinajstić information content (AvgIpc) is 2.43. The zero-order valence-electron chi connectivity index (χ0n) is 13.7. The monoisotopic (exact) mass is 286 g/mol. The fourth-order valence-electron chi connectivity index (χ4n) is 2.27. The standard InChI is InChI=1S/C18H26N2O/c1-6-9-19-18-11-17(12(2)3)20-16-8-7-14(10-15(16)18)21-13(4)5/h7-8,10-13H,6,9H2,1-5H3,(H,19,20). The average molecular weight is 286 g/mol. The topological polar surface area (TPSA) is 34.2 Å². The van der Waals surface area contributed by atoms with Gasteiger partial charge < -0.3 is 10.1 Å². The molecule has 0 aliphatic carbocycles. The molecule has 1 aromatic heterocycles. The van der Waals surface area contributed by atoms with Crippen LogP contribution in [0.3, 0.4) is 0 Å². The van der Waals surface area contributed by atoms with E-state index < -0.39 is 0 Å². The van der Waals surface area contributed by atoms with Gasteiger partial charge in [0, 0.05) is 23.3 Å². The second-order valence-corrected chi connectivity index (χ2v) is 6.02. The van der Waals surface area contributed by atoms with Crippen molar-refractivity contribution in [2.24, 2.45) is 0 Å². The van der Waals surface area contributed by atoms with E-state index in [0.717, 1.165) is 41.0 Å². The molecule has 0 spiro atoms. The van der Waals surface area contributed by atoms with Gasteiger partial charge in [-0.15, -0.1) is 0 Å². The molecule has 2 aromatic rings. The number of anilines is 1. The Bertz CT molecular complexity index is 605. The molecule has 3 heteroatoms. The third-order valence-corrected chi connectivity index (χ3v) is 3.33. The minimum Gasteiger partial charge on any atom is -0.491 e. The fraction of sp³-hybridized carbons (Fsp3) is 0.500. The Morgan fingerprint density at radius 2 is 1.90 bits per heavy atom. The first-order valence-electron chi connectivity index (χ1n) is 7.86. The summed E-state index contributed by atoms with van der Waals surface area (Å²) in [5, 5.41) is 4.65. The fourth-order valence-corrected chi connectivity index (χ4v) is 2.27. The van der Waals surface area contributed by atoms with Gasteiger partial charge in [0.05, 0.1) is 11.6 Å². The van der Waals surface area contributed by atoms with Crippen LogP contribution in [0.1, 0.15) is 52.7 Å². The lowest BCUT2D eigenvalue weighted by molar-refractivity contribution is 0.243. The van der Waals surface area contributed by atoms with E-state index in [2.05, 4.69) is 44.3 Å². The first kappa shape index (κ1) is 15.6. The Labute approximate surface area is 127 Å². The number of ether oxygens (including phenoxy) is 1. The first-order chi connectivity index (χ1) is 10.0. The van der Waals surface area contributed by atoms with Crippen molar-refractivity contribution in [3.63, 3.8) is 0 Å². The molecule has 0 atom stereocenters. The van der Waals surface area contributed by atoms with E-state index in [-0.39, 0.29) is 6.10 Å². The van der Waals surface area contributed by atoms with E-state index in [0.29, 0.717) is 5.92 Å². The van der Waals surface area contributed by atoms with Crippen molar-refractivity contribution in [2.45, 2.75) is 53.1 Å². The number of fused-ring (bicyclic) bond motifs is 1. The van der Waals surface area contributed by atoms with Crippen molar-refractivity contribution < 1.29 is 4.74 Å². The summed E-state index contributed by atoms with van der Waals surface area (Å²) in [5.74, 6) is 1.32. The summed E-state index contributed by atoms with van der Waals surface area (Å²) in [7, 11) is 0. The van der Waals surface area contributed by atoms with Crippen LogP contribution in [0.15, 0.2) is 24.3 Å². The predicted molar refractivity (Wildman–Crippen MR) is 90.4 cm³/mol. The number of nitrogens with one attached hydrogen (secondary N) is 1. The second kappa shape index (κ2) is 6.79. The van der Waals surface area contributed by atoms with Gasteiger partial charge in [0.15, 0.2) is 0 Å². The Morgan fingerprint density at radius 1 is 1.14 bits per heavy atom. The van der Waals surface area contributed by atoms with Crippen LogP contribution in [0.5, 0.6) is 5.75 Å². The molecule has 0 fully saturated rings. The summed E-state index contributed by atoms with van der Waals surface area (Å²) in [4.78, 5) is 4.77.